The standard InChI is InChI=1S/C26H24N6OS/c1-3-18-10-7-11-19(4-2)24(18)32-25(21-12-8-14-28-16-21)30-31-26(32)34-17-23(33)29-22-13-6-5-9-20(22)15-27/h5-14,16H,3-4,17H2,1-2H3,(H,29,33). The molecule has 0 saturated heterocycles. The summed E-state index contributed by atoms with van der Waals surface area (Å²) in [5.74, 6) is 0.590. The lowest BCUT2D eigenvalue weighted by molar-refractivity contribution is -0.113. The number of hydrogen-bond donors (Lipinski definition) is 1. The Balaban J connectivity index is 1.70. The van der Waals surface area contributed by atoms with Crippen molar-refractivity contribution in [2.75, 3.05) is 11.1 Å². The number of aryl methyl sites for hydroxylation is 2. The van der Waals surface area contributed by atoms with E-state index in [1.807, 2.05) is 16.7 Å². The molecule has 0 aliphatic heterocycles. The number of nitrogens with zero attached hydrogens (tertiary/aromatic N) is 5. The van der Waals surface area contributed by atoms with Gasteiger partial charge in [0.15, 0.2) is 11.0 Å². The number of anilines is 1. The van der Waals surface area contributed by atoms with Gasteiger partial charge in [-0.2, -0.15) is 5.26 Å². The van der Waals surface area contributed by atoms with E-state index >= 15 is 0 Å². The van der Waals surface area contributed by atoms with Gasteiger partial charge in [-0.05, 0) is 48.2 Å². The van der Waals surface area contributed by atoms with Gasteiger partial charge >= 0.3 is 0 Å². The number of thioether (sulfide) groups is 1. The van der Waals surface area contributed by atoms with Crippen LogP contribution in [0, 0.1) is 11.3 Å². The molecule has 0 unspecified atom stereocenters. The summed E-state index contributed by atoms with van der Waals surface area (Å²) in [4.78, 5) is 17.0. The van der Waals surface area contributed by atoms with E-state index in [2.05, 4.69) is 58.6 Å². The maximum atomic E-state index is 12.7. The van der Waals surface area contributed by atoms with Gasteiger partial charge in [-0.15, -0.1) is 10.2 Å². The van der Waals surface area contributed by atoms with Crippen LogP contribution in [0.25, 0.3) is 17.1 Å². The van der Waals surface area contributed by atoms with Crippen molar-refractivity contribution in [1.29, 1.82) is 5.26 Å². The minimum Gasteiger partial charge on any atom is -0.324 e. The second kappa shape index (κ2) is 10.8. The van der Waals surface area contributed by atoms with Crippen molar-refractivity contribution in [3.05, 3.63) is 83.7 Å². The Bertz CT molecular complexity index is 1320. The number of amides is 1. The zero-order valence-corrected chi connectivity index (χ0v) is 19.8. The Morgan fingerprint density at radius 1 is 1.03 bits per heavy atom. The second-order valence-electron chi connectivity index (χ2n) is 7.51. The molecule has 0 saturated carbocycles. The maximum Gasteiger partial charge on any atom is 0.234 e. The van der Waals surface area contributed by atoms with Crippen molar-refractivity contribution in [2.24, 2.45) is 0 Å². The predicted octanol–water partition coefficient (Wildman–Crippen LogP) is 5.06. The second-order valence-corrected chi connectivity index (χ2v) is 8.45. The fourth-order valence-corrected chi connectivity index (χ4v) is 4.49. The van der Waals surface area contributed by atoms with Crippen LogP contribution in [-0.4, -0.2) is 31.4 Å². The number of carbonyl (C=O) groups is 1. The average Bonchev–Trinajstić information content (AvgIpc) is 3.31. The molecule has 8 heteroatoms. The number of nitrogens with one attached hydrogen (secondary N) is 1. The summed E-state index contributed by atoms with van der Waals surface area (Å²) < 4.78 is 2.04. The molecule has 0 radical (unpaired) electrons. The van der Waals surface area contributed by atoms with Gasteiger partial charge in [0.25, 0.3) is 0 Å². The SMILES string of the molecule is CCc1cccc(CC)c1-n1c(SCC(=O)Nc2ccccc2C#N)nnc1-c1cccnc1. The normalized spacial score (nSPS) is 10.6. The molecular weight excluding hydrogens is 444 g/mol. The largest absolute Gasteiger partial charge is 0.324 e. The van der Waals surface area contributed by atoms with E-state index in [1.165, 1.54) is 22.9 Å². The molecule has 0 bridgehead atoms. The third-order valence-electron chi connectivity index (χ3n) is 5.40. The minimum absolute atomic E-state index is 0.126. The topological polar surface area (TPSA) is 96.5 Å². The molecule has 2 heterocycles. The number of carbonyl (C=O) groups excluding carboxylic acids is 1. The molecule has 34 heavy (non-hydrogen) atoms. The molecule has 0 spiro atoms. The first-order chi connectivity index (χ1) is 16.7. The number of hydrogen-bond acceptors (Lipinski definition) is 6. The molecule has 0 aliphatic rings. The van der Waals surface area contributed by atoms with Crippen molar-refractivity contribution < 1.29 is 4.79 Å². The molecule has 0 fully saturated rings. The molecule has 4 aromatic rings. The lowest BCUT2D eigenvalue weighted by Gasteiger charge is -2.18. The number of nitriles is 1. The van der Waals surface area contributed by atoms with E-state index in [9.17, 15) is 10.1 Å². The van der Waals surface area contributed by atoms with E-state index in [1.54, 1.807) is 36.7 Å². The summed E-state index contributed by atoms with van der Waals surface area (Å²) in [5.41, 5.74) is 5.18. The minimum atomic E-state index is -0.218. The summed E-state index contributed by atoms with van der Waals surface area (Å²) in [7, 11) is 0. The van der Waals surface area contributed by atoms with Crippen LogP contribution < -0.4 is 5.32 Å². The highest BCUT2D eigenvalue weighted by atomic mass is 32.2. The number of benzene rings is 2. The molecule has 0 aliphatic carbocycles. The quantitative estimate of drug-likeness (QED) is 0.363. The lowest BCUT2D eigenvalue weighted by Crippen LogP contribution is -2.15. The Morgan fingerprint density at radius 2 is 1.79 bits per heavy atom. The summed E-state index contributed by atoms with van der Waals surface area (Å²) in [6.07, 6.45) is 5.19. The zero-order valence-electron chi connectivity index (χ0n) is 19.0. The van der Waals surface area contributed by atoms with Gasteiger partial charge in [-0.1, -0.05) is 55.9 Å². The Labute approximate surface area is 202 Å². The van der Waals surface area contributed by atoms with Crippen LogP contribution >= 0.6 is 11.8 Å². The van der Waals surface area contributed by atoms with Crippen molar-refractivity contribution in [2.45, 2.75) is 31.8 Å². The van der Waals surface area contributed by atoms with E-state index in [-0.39, 0.29) is 11.7 Å². The van der Waals surface area contributed by atoms with Gasteiger partial charge in [0, 0.05) is 18.0 Å². The van der Waals surface area contributed by atoms with Crippen molar-refractivity contribution in [1.82, 2.24) is 19.7 Å². The highest BCUT2D eigenvalue weighted by molar-refractivity contribution is 7.99. The molecular formula is C26H24N6OS. The van der Waals surface area contributed by atoms with Crippen LogP contribution in [0.2, 0.25) is 0 Å². The zero-order chi connectivity index (χ0) is 23.9. The van der Waals surface area contributed by atoms with Crippen LogP contribution in [0.1, 0.15) is 30.5 Å². The smallest absolute Gasteiger partial charge is 0.234 e. The van der Waals surface area contributed by atoms with Gasteiger partial charge in [-0.25, -0.2) is 0 Å². The first-order valence-electron chi connectivity index (χ1n) is 11.0. The van der Waals surface area contributed by atoms with Crippen LogP contribution in [0.4, 0.5) is 5.69 Å². The van der Waals surface area contributed by atoms with E-state index in [0.717, 1.165) is 24.1 Å². The first-order valence-corrected chi connectivity index (χ1v) is 12.0. The molecule has 1 N–H and O–H groups in total. The van der Waals surface area contributed by atoms with Gasteiger partial charge < -0.3 is 5.32 Å². The molecule has 1 amide bonds. The lowest BCUT2D eigenvalue weighted by atomic mass is 10.0. The third-order valence-corrected chi connectivity index (χ3v) is 6.32. The monoisotopic (exact) mass is 468 g/mol. The number of para-hydroxylation sites is 2. The highest BCUT2D eigenvalue weighted by Gasteiger charge is 2.21. The third kappa shape index (κ3) is 4.85. The fourth-order valence-electron chi connectivity index (χ4n) is 3.76. The van der Waals surface area contributed by atoms with Gasteiger partial charge in [0.2, 0.25) is 5.91 Å². The summed E-state index contributed by atoms with van der Waals surface area (Å²) >= 11 is 1.31. The van der Waals surface area contributed by atoms with Crippen LogP contribution in [0.5, 0.6) is 0 Å². The Hall–Kier alpha value is -3.96. The fraction of sp³-hybridized carbons (Fsp3) is 0.192. The van der Waals surface area contributed by atoms with Crippen LogP contribution in [0.15, 0.2) is 72.1 Å². The van der Waals surface area contributed by atoms with E-state index in [0.29, 0.717) is 22.2 Å². The highest BCUT2D eigenvalue weighted by Crippen LogP contribution is 2.32. The van der Waals surface area contributed by atoms with Gasteiger partial charge in [-0.3, -0.25) is 14.3 Å². The van der Waals surface area contributed by atoms with Crippen molar-refractivity contribution in [3.8, 4) is 23.1 Å². The van der Waals surface area contributed by atoms with Gasteiger partial charge in [0.1, 0.15) is 6.07 Å². The summed E-state index contributed by atoms with van der Waals surface area (Å²) in [6.45, 7) is 4.25. The Kier molecular flexibility index (Phi) is 7.35. The summed E-state index contributed by atoms with van der Waals surface area (Å²) in [6, 6.07) is 19.2. The van der Waals surface area contributed by atoms with Gasteiger partial charge in [0.05, 0.1) is 22.7 Å². The molecule has 2 aromatic carbocycles. The number of aromatic nitrogens is 4. The van der Waals surface area contributed by atoms with Crippen molar-refractivity contribution >= 4 is 23.4 Å². The predicted molar refractivity (Wildman–Crippen MR) is 134 cm³/mol. The molecule has 2 aromatic heterocycles. The van der Waals surface area contributed by atoms with Crippen LogP contribution in [-0.2, 0) is 17.6 Å². The number of pyridine rings is 1. The molecule has 7 nitrogen and oxygen atoms in total. The molecule has 0 atom stereocenters. The van der Waals surface area contributed by atoms with E-state index < -0.39 is 0 Å². The molecule has 4 rings (SSSR count). The van der Waals surface area contributed by atoms with Crippen molar-refractivity contribution in [3.63, 3.8) is 0 Å². The molecule has 170 valence electrons. The number of rotatable bonds is 8. The first kappa shape index (κ1) is 23.2. The maximum absolute atomic E-state index is 12.7. The Morgan fingerprint density at radius 3 is 2.47 bits per heavy atom. The van der Waals surface area contributed by atoms with Crippen LogP contribution in [0.3, 0.4) is 0 Å². The average molecular weight is 469 g/mol. The summed E-state index contributed by atoms with van der Waals surface area (Å²) in [5, 5.41) is 21.7. The van der Waals surface area contributed by atoms with E-state index in [4.69, 9.17) is 0 Å².